The molecule has 1 aromatic carbocycles. The minimum atomic E-state index is -0.668. The molecule has 2 heterocycles. The van der Waals surface area contributed by atoms with E-state index in [0.29, 0.717) is 22.5 Å². The fraction of sp³-hybridized carbons (Fsp3) is 0.250. The molecule has 0 unspecified atom stereocenters. The van der Waals surface area contributed by atoms with Gasteiger partial charge in [-0.05, 0) is 57.2 Å². The normalized spacial score (nSPS) is 11.3. The molecule has 2 aromatic heterocycles. The van der Waals surface area contributed by atoms with Gasteiger partial charge in [-0.25, -0.2) is 13.7 Å². The first kappa shape index (κ1) is 19.3. The van der Waals surface area contributed by atoms with Gasteiger partial charge in [-0.15, -0.1) is 0 Å². The second-order valence-corrected chi connectivity index (χ2v) is 7.15. The Bertz CT molecular complexity index is 1040. The van der Waals surface area contributed by atoms with Crippen LogP contribution in [0.3, 0.4) is 0 Å². The smallest absolute Gasteiger partial charge is 0.412 e. The molecular formula is C20H21FN4O3. The van der Waals surface area contributed by atoms with E-state index in [0.717, 1.165) is 0 Å². The lowest BCUT2D eigenvalue weighted by molar-refractivity contribution is 0.0635. The monoisotopic (exact) mass is 384 g/mol. The number of benzene rings is 1. The number of carbonyl (C=O) groups is 2. The summed E-state index contributed by atoms with van der Waals surface area (Å²) >= 11 is 0. The summed E-state index contributed by atoms with van der Waals surface area (Å²) in [5, 5.41) is 9.73. The van der Waals surface area contributed by atoms with Crippen LogP contribution < -0.4 is 10.6 Å². The van der Waals surface area contributed by atoms with Gasteiger partial charge >= 0.3 is 6.09 Å². The summed E-state index contributed by atoms with van der Waals surface area (Å²) in [4.78, 5) is 24.9. The third kappa shape index (κ3) is 3.95. The Hall–Kier alpha value is -3.42. The van der Waals surface area contributed by atoms with E-state index in [1.165, 1.54) is 23.7 Å². The van der Waals surface area contributed by atoms with Gasteiger partial charge in [0.2, 0.25) is 0 Å². The second kappa shape index (κ2) is 7.30. The highest BCUT2D eigenvalue weighted by Gasteiger charge is 2.24. The standard InChI is InChI=1S/C20H21FN4O3/c1-20(2,3)28-19(27)23-14-6-5-11-25-17(14)15(18(26)22-4)16(24-25)12-7-9-13(21)10-8-12/h5-11H,1-4H3,(H,22,26)(H,23,27). The lowest BCUT2D eigenvalue weighted by Crippen LogP contribution is -2.27. The van der Waals surface area contributed by atoms with Crippen LogP contribution in [0, 0.1) is 5.82 Å². The highest BCUT2D eigenvalue weighted by molar-refractivity contribution is 6.10. The summed E-state index contributed by atoms with van der Waals surface area (Å²) in [6, 6.07) is 9.03. The maximum Gasteiger partial charge on any atom is 0.412 e. The molecular weight excluding hydrogens is 363 g/mol. The van der Waals surface area contributed by atoms with Gasteiger partial charge in [-0.3, -0.25) is 10.1 Å². The third-order valence-electron chi connectivity index (χ3n) is 3.86. The number of amides is 2. The van der Waals surface area contributed by atoms with Crippen LogP contribution in [-0.2, 0) is 4.74 Å². The fourth-order valence-corrected chi connectivity index (χ4v) is 2.76. The zero-order valence-corrected chi connectivity index (χ0v) is 16.0. The van der Waals surface area contributed by atoms with Crippen LogP contribution in [0.2, 0.25) is 0 Å². The molecule has 8 heteroatoms. The van der Waals surface area contributed by atoms with Crippen LogP contribution in [0.4, 0.5) is 14.9 Å². The van der Waals surface area contributed by atoms with Crippen molar-refractivity contribution in [3.8, 4) is 11.3 Å². The lowest BCUT2D eigenvalue weighted by Gasteiger charge is -2.20. The van der Waals surface area contributed by atoms with Crippen LogP contribution in [-0.4, -0.2) is 34.3 Å². The number of rotatable bonds is 3. The quantitative estimate of drug-likeness (QED) is 0.718. The molecule has 3 rings (SSSR count). The van der Waals surface area contributed by atoms with Crippen LogP contribution >= 0.6 is 0 Å². The van der Waals surface area contributed by atoms with Gasteiger partial charge in [0.25, 0.3) is 5.91 Å². The number of carbonyl (C=O) groups excluding carboxylic acids is 2. The van der Waals surface area contributed by atoms with E-state index in [-0.39, 0.29) is 17.3 Å². The van der Waals surface area contributed by atoms with E-state index in [1.807, 2.05) is 0 Å². The van der Waals surface area contributed by atoms with Crippen LogP contribution in [0.1, 0.15) is 31.1 Å². The highest BCUT2D eigenvalue weighted by atomic mass is 19.1. The SMILES string of the molecule is CNC(=O)c1c(-c2ccc(F)cc2)nn2cccc(NC(=O)OC(C)(C)C)c12. The van der Waals surface area contributed by atoms with Crippen molar-refractivity contribution in [1.29, 1.82) is 0 Å². The summed E-state index contributed by atoms with van der Waals surface area (Å²) in [5.41, 5.74) is 1.33. The van der Waals surface area contributed by atoms with Crippen molar-refractivity contribution in [2.45, 2.75) is 26.4 Å². The van der Waals surface area contributed by atoms with Gasteiger partial charge < -0.3 is 10.1 Å². The van der Waals surface area contributed by atoms with Crippen molar-refractivity contribution in [2.24, 2.45) is 0 Å². The average molecular weight is 384 g/mol. The van der Waals surface area contributed by atoms with Gasteiger partial charge in [0.15, 0.2) is 0 Å². The Morgan fingerprint density at radius 1 is 1.14 bits per heavy atom. The van der Waals surface area contributed by atoms with E-state index >= 15 is 0 Å². The van der Waals surface area contributed by atoms with Gasteiger partial charge in [0.05, 0.1) is 11.3 Å². The molecule has 0 bridgehead atoms. The third-order valence-corrected chi connectivity index (χ3v) is 3.86. The second-order valence-electron chi connectivity index (χ2n) is 7.15. The number of pyridine rings is 1. The Morgan fingerprint density at radius 2 is 1.82 bits per heavy atom. The first-order chi connectivity index (χ1) is 13.2. The zero-order valence-electron chi connectivity index (χ0n) is 16.0. The molecule has 7 nitrogen and oxygen atoms in total. The van der Waals surface area contributed by atoms with Crippen LogP contribution in [0.15, 0.2) is 42.6 Å². The number of nitrogens with zero attached hydrogens (tertiary/aromatic N) is 2. The molecule has 0 fully saturated rings. The number of fused-ring (bicyclic) bond motifs is 1. The molecule has 0 aliphatic heterocycles. The largest absolute Gasteiger partial charge is 0.444 e. The van der Waals surface area contributed by atoms with Crippen molar-refractivity contribution in [3.05, 3.63) is 54.0 Å². The number of ether oxygens (including phenoxy) is 1. The first-order valence-corrected chi connectivity index (χ1v) is 8.69. The van der Waals surface area contributed by atoms with E-state index in [2.05, 4.69) is 15.7 Å². The van der Waals surface area contributed by atoms with Gasteiger partial charge in [-0.1, -0.05) is 0 Å². The van der Waals surface area contributed by atoms with Crippen LogP contribution in [0.25, 0.3) is 16.8 Å². The van der Waals surface area contributed by atoms with Crippen molar-refractivity contribution < 1.29 is 18.7 Å². The van der Waals surface area contributed by atoms with Gasteiger partial charge in [-0.2, -0.15) is 5.10 Å². The van der Waals surface area contributed by atoms with Crippen molar-refractivity contribution >= 4 is 23.2 Å². The summed E-state index contributed by atoms with van der Waals surface area (Å²) in [7, 11) is 1.50. The Balaban J connectivity index is 2.15. The molecule has 0 aliphatic rings. The Labute approximate surface area is 161 Å². The molecule has 0 saturated carbocycles. The number of nitrogens with one attached hydrogen (secondary N) is 2. The summed E-state index contributed by atoms with van der Waals surface area (Å²) in [6.45, 7) is 5.28. The molecule has 0 aliphatic carbocycles. The van der Waals surface area contributed by atoms with E-state index in [1.54, 1.807) is 51.2 Å². The summed E-state index contributed by atoms with van der Waals surface area (Å²) in [5.74, 6) is -0.769. The van der Waals surface area contributed by atoms with Crippen molar-refractivity contribution in [1.82, 2.24) is 14.9 Å². The minimum Gasteiger partial charge on any atom is -0.444 e. The highest BCUT2D eigenvalue weighted by Crippen LogP contribution is 2.31. The molecule has 0 spiro atoms. The van der Waals surface area contributed by atoms with Gasteiger partial charge in [0, 0.05) is 18.8 Å². The Kier molecular flexibility index (Phi) is 5.04. The molecule has 146 valence electrons. The Morgan fingerprint density at radius 3 is 2.43 bits per heavy atom. The number of anilines is 1. The maximum absolute atomic E-state index is 13.3. The summed E-state index contributed by atoms with van der Waals surface area (Å²) in [6.07, 6.45) is 1.02. The zero-order chi connectivity index (χ0) is 20.5. The van der Waals surface area contributed by atoms with E-state index in [9.17, 15) is 14.0 Å². The number of aromatic nitrogens is 2. The molecule has 2 amide bonds. The lowest BCUT2D eigenvalue weighted by atomic mass is 10.1. The number of halogens is 1. The van der Waals surface area contributed by atoms with E-state index < -0.39 is 11.7 Å². The molecule has 3 aromatic rings. The van der Waals surface area contributed by atoms with E-state index in [4.69, 9.17) is 4.74 Å². The minimum absolute atomic E-state index is 0.265. The van der Waals surface area contributed by atoms with Crippen molar-refractivity contribution in [2.75, 3.05) is 12.4 Å². The molecule has 2 N–H and O–H groups in total. The van der Waals surface area contributed by atoms with Crippen LogP contribution in [0.5, 0.6) is 0 Å². The molecule has 28 heavy (non-hydrogen) atoms. The first-order valence-electron chi connectivity index (χ1n) is 8.69. The van der Waals surface area contributed by atoms with Gasteiger partial charge in [0.1, 0.15) is 22.6 Å². The van der Waals surface area contributed by atoms with Crippen molar-refractivity contribution in [3.63, 3.8) is 0 Å². The number of hydrogen-bond acceptors (Lipinski definition) is 4. The molecule has 0 saturated heterocycles. The molecule has 0 radical (unpaired) electrons. The number of hydrogen-bond donors (Lipinski definition) is 2. The molecule has 0 atom stereocenters. The predicted molar refractivity (Wildman–Crippen MR) is 104 cm³/mol. The fourth-order valence-electron chi connectivity index (χ4n) is 2.76. The topological polar surface area (TPSA) is 84.7 Å². The predicted octanol–water partition coefficient (Wildman–Crippen LogP) is 3.85. The maximum atomic E-state index is 13.3. The summed E-state index contributed by atoms with van der Waals surface area (Å²) < 4.78 is 20.1. The average Bonchev–Trinajstić information content (AvgIpc) is 3.00.